The molecule has 1 aromatic carbocycles. The van der Waals surface area contributed by atoms with Crippen LogP contribution in [0.25, 0.3) is 0 Å². The van der Waals surface area contributed by atoms with Gasteiger partial charge in [0.05, 0.1) is 5.56 Å². The lowest BCUT2D eigenvalue weighted by Crippen LogP contribution is -2.31. The van der Waals surface area contributed by atoms with E-state index in [-0.39, 0.29) is 17.4 Å². The molecule has 0 unspecified atom stereocenters. The Morgan fingerprint density at radius 2 is 1.83 bits per heavy atom. The van der Waals surface area contributed by atoms with E-state index < -0.39 is 0 Å². The zero-order valence-corrected chi connectivity index (χ0v) is 19.4. The summed E-state index contributed by atoms with van der Waals surface area (Å²) in [7, 11) is 1.82. The quantitative estimate of drug-likeness (QED) is 0.269. The molecule has 0 bridgehead atoms. The summed E-state index contributed by atoms with van der Waals surface area (Å²) in [6, 6.07) is 1.66. The Hall–Kier alpha value is -2.27. The highest BCUT2D eigenvalue weighted by atomic mass is 16.3. The summed E-state index contributed by atoms with van der Waals surface area (Å²) in [5.41, 5.74) is 3.90. The Balaban J connectivity index is 3.13. The molecule has 0 aliphatic carbocycles. The summed E-state index contributed by atoms with van der Waals surface area (Å²) in [5, 5.41) is 27.3. The number of aryl methyl sites for hydroxylation is 1. The largest absolute Gasteiger partial charge is 0.508 e. The zero-order chi connectivity index (χ0) is 22.5. The molecule has 168 valence electrons. The fraction of sp³-hybridized carbons (Fsp3) is 0.560. The molecule has 0 saturated heterocycles. The van der Waals surface area contributed by atoms with Crippen molar-refractivity contribution in [1.82, 2.24) is 10.6 Å². The SMILES string of the molecule is CCCCCc1cc(O)c(C/C=C(\C)CCC=C(C)C)c(O)c1C(=O)NCCNC. The topological polar surface area (TPSA) is 81.6 Å². The van der Waals surface area contributed by atoms with Gasteiger partial charge in [-0.2, -0.15) is 0 Å². The number of aromatic hydroxyl groups is 2. The molecule has 0 radical (unpaired) electrons. The van der Waals surface area contributed by atoms with Crippen LogP contribution in [-0.4, -0.2) is 36.3 Å². The number of phenolic OH excluding ortho intramolecular Hbond substituents is 2. The summed E-state index contributed by atoms with van der Waals surface area (Å²) in [5.74, 6) is -0.337. The second-order valence-corrected chi connectivity index (χ2v) is 8.15. The monoisotopic (exact) mass is 416 g/mol. The van der Waals surface area contributed by atoms with Crippen LogP contribution >= 0.6 is 0 Å². The van der Waals surface area contributed by atoms with Crippen LogP contribution in [0.5, 0.6) is 11.5 Å². The van der Waals surface area contributed by atoms with Gasteiger partial charge in [-0.3, -0.25) is 4.79 Å². The number of allylic oxidation sites excluding steroid dienone is 4. The van der Waals surface area contributed by atoms with E-state index in [1.165, 1.54) is 11.1 Å². The molecule has 0 aromatic heterocycles. The van der Waals surface area contributed by atoms with Gasteiger partial charge in [0.2, 0.25) is 0 Å². The Morgan fingerprint density at radius 3 is 2.47 bits per heavy atom. The van der Waals surface area contributed by atoms with Crippen LogP contribution in [0.15, 0.2) is 29.4 Å². The molecule has 0 spiro atoms. The summed E-state index contributed by atoms with van der Waals surface area (Å²) < 4.78 is 0. The minimum Gasteiger partial charge on any atom is -0.508 e. The molecule has 1 rings (SSSR count). The number of phenols is 2. The Bertz CT molecular complexity index is 747. The van der Waals surface area contributed by atoms with Crippen molar-refractivity contribution in [2.75, 3.05) is 20.1 Å². The van der Waals surface area contributed by atoms with E-state index in [2.05, 4.69) is 44.4 Å². The minimum atomic E-state index is -0.292. The lowest BCUT2D eigenvalue weighted by Gasteiger charge is -2.16. The molecule has 4 N–H and O–H groups in total. The highest BCUT2D eigenvalue weighted by molar-refractivity contribution is 5.99. The molecule has 5 nitrogen and oxygen atoms in total. The fourth-order valence-corrected chi connectivity index (χ4v) is 3.32. The van der Waals surface area contributed by atoms with Gasteiger partial charge in [0.15, 0.2) is 0 Å². The molecule has 1 amide bonds. The third-order valence-electron chi connectivity index (χ3n) is 5.15. The molecule has 1 aromatic rings. The van der Waals surface area contributed by atoms with Crippen LogP contribution in [0.2, 0.25) is 0 Å². The fourth-order valence-electron chi connectivity index (χ4n) is 3.32. The first kappa shape index (κ1) is 25.8. The number of amides is 1. The number of rotatable bonds is 13. The van der Waals surface area contributed by atoms with Crippen LogP contribution in [0.3, 0.4) is 0 Å². The first-order valence-electron chi connectivity index (χ1n) is 11.1. The van der Waals surface area contributed by atoms with Crippen molar-refractivity contribution in [3.8, 4) is 11.5 Å². The molecule has 0 atom stereocenters. The van der Waals surface area contributed by atoms with Crippen LogP contribution in [0.4, 0.5) is 0 Å². The van der Waals surface area contributed by atoms with Crippen LogP contribution in [0, 0.1) is 0 Å². The number of carbonyl (C=O) groups excluding carboxylic acids is 1. The molecule has 30 heavy (non-hydrogen) atoms. The first-order valence-corrected chi connectivity index (χ1v) is 11.1. The van der Waals surface area contributed by atoms with E-state index in [0.29, 0.717) is 42.6 Å². The minimum absolute atomic E-state index is 0.0547. The van der Waals surface area contributed by atoms with Crippen molar-refractivity contribution in [2.45, 2.75) is 72.6 Å². The van der Waals surface area contributed by atoms with Gasteiger partial charge in [0.1, 0.15) is 11.5 Å². The molecule has 5 heteroatoms. The smallest absolute Gasteiger partial charge is 0.255 e. The highest BCUT2D eigenvalue weighted by Crippen LogP contribution is 2.35. The number of unbranched alkanes of at least 4 members (excludes halogenated alkanes) is 2. The van der Waals surface area contributed by atoms with Gasteiger partial charge in [-0.25, -0.2) is 0 Å². The summed E-state index contributed by atoms with van der Waals surface area (Å²) in [4.78, 5) is 12.8. The second kappa shape index (κ2) is 13.9. The van der Waals surface area contributed by atoms with Crippen molar-refractivity contribution in [3.63, 3.8) is 0 Å². The van der Waals surface area contributed by atoms with E-state index >= 15 is 0 Å². The number of nitrogens with one attached hydrogen (secondary N) is 2. The van der Waals surface area contributed by atoms with Crippen molar-refractivity contribution in [2.24, 2.45) is 0 Å². The molecular formula is C25H40N2O3. The van der Waals surface area contributed by atoms with Crippen LogP contribution in [-0.2, 0) is 12.8 Å². The standard InChI is InChI=1S/C25H40N2O3/c1-6-7-8-12-20-17-22(28)21(14-13-19(4)11-9-10-18(2)3)24(29)23(20)25(30)27-16-15-26-5/h10,13,17,26,28-29H,6-9,11-12,14-16H2,1-5H3,(H,27,30)/b19-13+. The maximum Gasteiger partial charge on any atom is 0.255 e. The normalized spacial score (nSPS) is 11.4. The molecule has 0 heterocycles. The molecule has 0 aliphatic rings. The van der Waals surface area contributed by atoms with Crippen molar-refractivity contribution in [1.29, 1.82) is 0 Å². The zero-order valence-electron chi connectivity index (χ0n) is 19.4. The van der Waals surface area contributed by atoms with Crippen molar-refractivity contribution in [3.05, 3.63) is 46.1 Å². The van der Waals surface area contributed by atoms with E-state index in [1.807, 2.05) is 13.1 Å². The van der Waals surface area contributed by atoms with E-state index in [1.54, 1.807) is 6.07 Å². The maximum absolute atomic E-state index is 12.8. The van der Waals surface area contributed by atoms with Gasteiger partial charge in [-0.15, -0.1) is 0 Å². The molecular weight excluding hydrogens is 376 g/mol. The van der Waals surface area contributed by atoms with E-state index in [9.17, 15) is 15.0 Å². The number of benzene rings is 1. The highest BCUT2D eigenvalue weighted by Gasteiger charge is 2.22. The maximum atomic E-state index is 12.8. The number of likely N-dealkylation sites (N-methyl/N-ethyl adjacent to an activating group) is 1. The predicted octanol–water partition coefficient (Wildman–Crippen LogP) is 5.01. The average Bonchev–Trinajstić information content (AvgIpc) is 2.67. The Labute approximate surface area is 182 Å². The van der Waals surface area contributed by atoms with Gasteiger partial charge in [0.25, 0.3) is 5.91 Å². The van der Waals surface area contributed by atoms with Crippen molar-refractivity contribution < 1.29 is 15.0 Å². The van der Waals surface area contributed by atoms with Crippen molar-refractivity contribution >= 4 is 5.91 Å². The Kier molecular flexibility index (Phi) is 11.9. The molecule has 0 saturated carbocycles. The third kappa shape index (κ3) is 8.62. The van der Waals surface area contributed by atoms with Gasteiger partial charge >= 0.3 is 0 Å². The van der Waals surface area contributed by atoms with Gasteiger partial charge in [0, 0.05) is 18.7 Å². The van der Waals surface area contributed by atoms with Gasteiger partial charge < -0.3 is 20.8 Å². The number of hydrogen-bond donors (Lipinski definition) is 4. The average molecular weight is 417 g/mol. The summed E-state index contributed by atoms with van der Waals surface area (Å²) >= 11 is 0. The van der Waals surface area contributed by atoms with E-state index in [4.69, 9.17) is 0 Å². The predicted molar refractivity (Wildman–Crippen MR) is 125 cm³/mol. The third-order valence-corrected chi connectivity index (χ3v) is 5.15. The Morgan fingerprint density at radius 1 is 1.10 bits per heavy atom. The lowest BCUT2D eigenvalue weighted by molar-refractivity contribution is 0.0950. The van der Waals surface area contributed by atoms with Gasteiger partial charge in [-0.1, -0.05) is 43.1 Å². The lowest BCUT2D eigenvalue weighted by atomic mass is 9.94. The second-order valence-electron chi connectivity index (χ2n) is 8.15. The van der Waals surface area contributed by atoms with Crippen LogP contribution in [0.1, 0.15) is 81.3 Å². The first-order chi connectivity index (χ1) is 14.3. The van der Waals surface area contributed by atoms with E-state index in [0.717, 1.165) is 32.1 Å². The summed E-state index contributed by atoms with van der Waals surface area (Å²) in [6.45, 7) is 9.47. The van der Waals surface area contributed by atoms with Gasteiger partial charge in [-0.05, 0) is 71.6 Å². The van der Waals surface area contributed by atoms with Crippen LogP contribution < -0.4 is 10.6 Å². The number of hydrogen-bond acceptors (Lipinski definition) is 4. The molecule has 0 aliphatic heterocycles. The summed E-state index contributed by atoms with van der Waals surface area (Å²) in [6.07, 6.45) is 10.2. The number of carbonyl (C=O) groups is 1. The molecule has 0 fully saturated rings.